The van der Waals surface area contributed by atoms with Gasteiger partial charge in [0.25, 0.3) is 0 Å². The van der Waals surface area contributed by atoms with Gasteiger partial charge in [0.15, 0.2) is 0 Å². The van der Waals surface area contributed by atoms with E-state index < -0.39 is 0 Å². The van der Waals surface area contributed by atoms with E-state index in [-0.39, 0.29) is 5.92 Å². The quantitative estimate of drug-likeness (QED) is 0.810. The maximum Gasteiger partial charge on any atom is 0.225 e. The van der Waals surface area contributed by atoms with Gasteiger partial charge in [0, 0.05) is 50.2 Å². The van der Waals surface area contributed by atoms with E-state index in [2.05, 4.69) is 25.1 Å². The van der Waals surface area contributed by atoms with Gasteiger partial charge in [0.1, 0.15) is 5.82 Å². The Morgan fingerprint density at radius 2 is 1.90 bits per heavy atom. The number of hydrogen-bond donors (Lipinski definition) is 2. The lowest BCUT2D eigenvalue weighted by molar-refractivity contribution is -0.138. The number of carbonyl (C=O) groups excluding carboxylic acids is 1. The Hall–Kier alpha value is -2.67. The molecular formula is C22H30N6O. The molecule has 4 rings (SSSR count). The van der Waals surface area contributed by atoms with E-state index >= 15 is 0 Å². The molecule has 0 bridgehead atoms. The van der Waals surface area contributed by atoms with Crippen molar-refractivity contribution in [2.75, 3.05) is 37.2 Å². The zero-order valence-electron chi connectivity index (χ0n) is 16.8. The lowest BCUT2D eigenvalue weighted by atomic mass is 9.93. The molecule has 0 spiro atoms. The zero-order chi connectivity index (χ0) is 20.1. The van der Waals surface area contributed by atoms with Crippen molar-refractivity contribution in [3.05, 3.63) is 48.4 Å². The molecule has 2 aliphatic heterocycles. The number of nitrogen functional groups attached to an aromatic ring is 1. The van der Waals surface area contributed by atoms with Crippen LogP contribution in [0.5, 0.6) is 0 Å². The van der Waals surface area contributed by atoms with E-state index in [9.17, 15) is 4.79 Å². The summed E-state index contributed by atoms with van der Waals surface area (Å²) in [5.74, 6) is 1.07. The van der Waals surface area contributed by atoms with Crippen LogP contribution in [0.4, 0.5) is 11.5 Å². The van der Waals surface area contributed by atoms with Crippen molar-refractivity contribution in [2.45, 2.75) is 38.3 Å². The second-order valence-electron chi connectivity index (χ2n) is 8.12. The van der Waals surface area contributed by atoms with Crippen LogP contribution in [0.25, 0.3) is 0 Å². The highest BCUT2D eigenvalue weighted by Crippen LogP contribution is 2.24. The molecule has 3 N–H and O–H groups in total. The Labute approximate surface area is 172 Å². The summed E-state index contributed by atoms with van der Waals surface area (Å²) >= 11 is 0. The minimum absolute atomic E-state index is 0.164. The van der Waals surface area contributed by atoms with Crippen molar-refractivity contribution >= 4 is 17.4 Å². The average Bonchev–Trinajstić information content (AvgIpc) is 2.75. The topological polar surface area (TPSA) is 87.4 Å². The second-order valence-corrected chi connectivity index (χ2v) is 8.12. The second kappa shape index (κ2) is 9.22. The number of anilines is 2. The first-order chi connectivity index (χ1) is 14.2. The summed E-state index contributed by atoms with van der Waals surface area (Å²) < 4.78 is 0. The fourth-order valence-corrected chi connectivity index (χ4v) is 4.38. The summed E-state index contributed by atoms with van der Waals surface area (Å²) in [4.78, 5) is 25.7. The summed E-state index contributed by atoms with van der Waals surface area (Å²) in [6.45, 7) is 4.47. The summed E-state index contributed by atoms with van der Waals surface area (Å²) in [5.41, 5.74) is 8.02. The van der Waals surface area contributed by atoms with Gasteiger partial charge >= 0.3 is 0 Å². The van der Waals surface area contributed by atoms with Gasteiger partial charge in [-0.2, -0.15) is 0 Å². The molecule has 2 fully saturated rings. The molecule has 0 aromatic carbocycles. The number of nitrogens with two attached hydrogens (primary N) is 1. The zero-order valence-corrected chi connectivity index (χ0v) is 16.8. The van der Waals surface area contributed by atoms with Crippen LogP contribution in [0, 0.1) is 5.92 Å². The molecule has 1 amide bonds. The van der Waals surface area contributed by atoms with E-state index in [0.717, 1.165) is 64.1 Å². The molecule has 29 heavy (non-hydrogen) atoms. The summed E-state index contributed by atoms with van der Waals surface area (Å²) in [6, 6.07) is 8.34. The van der Waals surface area contributed by atoms with Gasteiger partial charge in [0.05, 0.1) is 5.69 Å². The van der Waals surface area contributed by atoms with Crippen LogP contribution in [0.1, 0.15) is 31.2 Å². The molecule has 7 heteroatoms. The summed E-state index contributed by atoms with van der Waals surface area (Å²) in [7, 11) is 0. The maximum absolute atomic E-state index is 13.0. The Kier molecular flexibility index (Phi) is 6.24. The van der Waals surface area contributed by atoms with Gasteiger partial charge in [-0.15, -0.1) is 0 Å². The summed E-state index contributed by atoms with van der Waals surface area (Å²) in [5, 5.41) is 3.53. The highest BCUT2D eigenvalue weighted by atomic mass is 16.2. The number of piperidine rings is 2. The van der Waals surface area contributed by atoms with Gasteiger partial charge < -0.3 is 16.0 Å². The Morgan fingerprint density at radius 3 is 2.59 bits per heavy atom. The van der Waals surface area contributed by atoms with Crippen LogP contribution < -0.4 is 11.1 Å². The standard InChI is InChI=1S/C22H30N6O/c23-21-14-17(3-9-25-21)16-27-10-4-18(5-11-27)22(29)28-12-6-19(7-13-28)26-20-2-1-8-24-15-20/h1-3,8-9,14-15,18-19,26H,4-7,10-13,16H2,(H2,23,25). The highest BCUT2D eigenvalue weighted by Gasteiger charge is 2.30. The van der Waals surface area contributed by atoms with E-state index in [1.165, 1.54) is 5.56 Å². The predicted octanol–water partition coefficient (Wildman–Crippen LogP) is 2.37. The van der Waals surface area contributed by atoms with Crippen LogP contribution in [-0.4, -0.2) is 57.9 Å². The van der Waals surface area contributed by atoms with Gasteiger partial charge in [-0.25, -0.2) is 4.98 Å². The molecule has 2 aliphatic rings. The first-order valence-corrected chi connectivity index (χ1v) is 10.6. The van der Waals surface area contributed by atoms with E-state index in [1.54, 1.807) is 12.4 Å². The minimum atomic E-state index is 0.164. The van der Waals surface area contributed by atoms with Crippen molar-refractivity contribution in [1.29, 1.82) is 0 Å². The van der Waals surface area contributed by atoms with Gasteiger partial charge in [-0.1, -0.05) is 0 Å². The van der Waals surface area contributed by atoms with Crippen molar-refractivity contribution in [1.82, 2.24) is 19.8 Å². The molecule has 154 valence electrons. The van der Waals surface area contributed by atoms with Crippen LogP contribution in [0.2, 0.25) is 0 Å². The van der Waals surface area contributed by atoms with E-state index in [0.29, 0.717) is 17.8 Å². The molecular weight excluding hydrogens is 364 g/mol. The monoisotopic (exact) mass is 394 g/mol. The van der Waals surface area contributed by atoms with E-state index in [4.69, 9.17) is 5.73 Å². The normalized spacial score (nSPS) is 19.2. The average molecular weight is 395 g/mol. The molecule has 0 aliphatic carbocycles. The SMILES string of the molecule is Nc1cc(CN2CCC(C(=O)N3CCC(Nc4cccnc4)CC3)CC2)ccn1. The van der Waals surface area contributed by atoms with Gasteiger partial charge in [-0.3, -0.25) is 14.7 Å². The fourth-order valence-electron chi connectivity index (χ4n) is 4.38. The van der Waals surface area contributed by atoms with Crippen molar-refractivity contribution in [3.63, 3.8) is 0 Å². The molecule has 0 unspecified atom stereocenters. The van der Waals surface area contributed by atoms with Crippen molar-refractivity contribution < 1.29 is 4.79 Å². The van der Waals surface area contributed by atoms with Crippen molar-refractivity contribution in [3.8, 4) is 0 Å². The molecule has 2 aromatic rings. The van der Waals surface area contributed by atoms with E-state index in [1.807, 2.05) is 30.5 Å². The number of nitrogens with one attached hydrogen (secondary N) is 1. The molecule has 4 heterocycles. The minimum Gasteiger partial charge on any atom is -0.384 e. The molecule has 2 aromatic heterocycles. The maximum atomic E-state index is 13.0. The van der Waals surface area contributed by atoms with Crippen LogP contribution >= 0.6 is 0 Å². The third kappa shape index (κ3) is 5.23. The number of carbonyl (C=O) groups is 1. The number of pyridine rings is 2. The first kappa shape index (κ1) is 19.6. The van der Waals surface area contributed by atoms with Gasteiger partial charge in [0.2, 0.25) is 5.91 Å². The smallest absolute Gasteiger partial charge is 0.225 e. The number of likely N-dealkylation sites (tertiary alicyclic amines) is 2. The molecule has 7 nitrogen and oxygen atoms in total. The van der Waals surface area contributed by atoms with Crippen LogP contribution in [-0.2, 0) is 11.3 Å². The number of aromatic nitrogens is 2. The number of hydrogen-bond acceptors (Lipinski definition) is 6. The summed E-state index contributed by atoms with van der Waals surface area (Å²) in [6.07, 6.45) is 9.25. The lowest BCUT2D eigenvalue weighted by Crippen LogP contribution is -2.47. The number of nitrogens with zero attached hydrogens (tertiary/aromatic N) is 4. The Morgan fingerprint density at radius 1 is 1.10 bits per heavy atom. The number of amides is 1. The number of rotatable bonds is 5. The molecule has 2 saturated heterocycles. The molecule has 0 radical (unpaired) electrons. The molecule has 0 atom stereocenters. The van der Waals surface area contributed by atoms with Crippen molar-refractivity contribution in [2.24, 2.45) is 5.92 Å². The van der Waals surface area contributed by atoms with Gasteiger partial charge in [-0.05, 0) is 68.6 Å². The highest BCUT2D eigenvalue weighted by molar-refractivity contribution is 5.79. The lowest BCUT2D eigenvalue weighted by Gasteiger charge is -2.37. The Balaban J connectivity index is 1.21. The third-order valence-electron chi connectivity index (χ3n) is 6.03. The largest absolute Gasteiger partial charge is 0.384 e. The Bertz CT molecular complexity index is 798. The fraction of sp³-hybridized carbons (Fsp3) is 0.500. The van der Waals surface area contributed by atoms with Crippen LogP contribution in [0.15, 0.2) is 42.9 Å². The first-order valence-electron chi connectivity index (χ1n) is 10.6. The predicted molar refractivity (Wildman–Crippen MR) is 114 cm³/mol. The molecule has 0 saturated carbocycles. The van der Waals surface area contributed by atoms with Crippen LogP contribution in [0.3, 0.4) is 0 Å². The third-order valence-corrected chi connectivity index (χ3v) is 6.03.